The third kappa shape index (κ3) is 6.46. The second-order valence-corrected chi connectivity index (χ2v) is 5.94. The van der Waals surface area contributed by atoms with Crippen molar-refractivity contribution in [3.8, 4) is 17.4 Å². The van der Waals surface area contributed by atoms with E-state index in [9.17, 15) is 8.78 Å². The van der Waals surface area contributed by atoms with Crippen LogP contribution in [-0.4, -0.2) is 24.0 Å². The second kappa shape index (κ2) is 10.0. The first kappa shape index (κ1) is 20.1. The Morgan fingerprint density at radius 1 is 1.03 bits per heavy atom. The first-order valence-corrected chi connectivity index (χ1v) is 8.85. The van der Waals surface area contributed by atoms with Gasteiger partial charge in [-0.3, -0.25) is 0 Å². The number of hydrogen-bond acceptors (Lipinski definition) is 4. The maximum Gasteiger partial charge on any atom is 0.272 e. The molecule has 150 valence electrons. The summed E-state index contributed by atoms with van der Waals surface area (Å²) >= 11 is 0. The van der Waals surface area contributed by atoms with E-state index in [1.165, 1.54) is 6.20 Å². The monoisotopic (exact) mass is 398 g/mol. The number of aliphatic imine (C=N–C) groups is 1. The van der Waals surface area contributed by atoms with Crippen LogP contribution < -0.4 is 20.5 Å². The number of nitrogens with two attached hydrogens (primary N) is 1. The number of ether oxygens (including phenoxy) is 2. The number of pyridine rings is 1. The van der Waals surface area contributed by atoms with Crippen molar-refractivity contribution >= 4 is 11.6 Å². The maximum atomic E-state index is 12.4. The van der Waals surface area contributed by atoms with Crippen molar-refractivity contribution in [1.29, 1.82) is 0 Å². The van der Waals surface area contributed by atoms with E-state index < -0.39 is 13.0 Å². The first-order chi connectivity index (χ1) is 14.1. The number of benzene rings is 2. The summed E-state index contributed by atoms with van der Waals surface area (Å²) in [4.78, 5) is 8.19. The normalized spacial score (nSPS) is 11.3. The molecule has 0 atom stereocenters. The molecule has 0 aliphatic carbocycles. The molecular formula is C21H20F2N4O2. The zero-order valence-electron chi connectivity index (χ0n) is 15.5. The molecule has 0 saturated heterocycles. The van der Waals surface area contributed by atoms with E-state index >= 15 is 0 Å². The molecule has 1 heterocycles. The van der Waals surface area contributed by atoms with Crippen molar-refractivity contribution in [2.75, 3.05) is 11.9 Å². The number of guanidine groups is 1. The van der Waals surface area contributed by atoms with E-state index in [0.717, 1.165) is 5.75 Å². The van der Waals surface area contributed by atoms with Gasteiger partial charge in [-0.05, 0) is 30.3 Å². The molecule has 6 nitrogen and oxygen atoms in total. The van der Waals surface area contributed by atoms with Crippen LogP contribution in [0.2, 0.25) is 0 Å². The Morgan fingerprint density at radius 2 is 1.83 bits per heavy atom. The van der Waals surface area contributed by atoms with Crippen molar-refractivity contribution in [3.05, 3.63) is 78.5 Å². The summed E-state index contributed by atoms with van der Waals surface area (Å²) in [5.74, 6) is 1.64. The third-order valence-corrected chi connectivity index (χ3v) is 3.70. The fraction of sp³-hybridized carbons (Fsp3) is 0.143. The van der Waals surface area contributed by atoms with Gasteiger partial charge in [0, 0.05) is 23.5 Å². The van der Waals surface area contributed by atoms with E-state index in [2.05, 4.69) is 15.3 Å². The van der Waals surface area contributed by atoms with Gasteiger partial charge in [0.25, 0.3) is 6.43 Å². The zero-order valence-corrected chi connectivity index (χ0v) is 15.5. The molecule has 0 radical (unpaired) electrons. The van der Waals surface area contributed by atoms with Crippen molar-refractivity contribution in [2.24, 2.45) is 10.7 Å². The van der Waals surface area contributed by atoms with Gasteiger partial charge in [0.05, 0.1) is 6.54 Å². The van der Waals surface area contributed by atoms with E-state index in [0.29, 0.717) is 17.0 Å². The molecular weight excluding hydrogens is 378 g/mol. The standard InChI is InChI=1S/C21H20F2N4O2/c22-19(23)14-28-20-15(6-5-11-25-20)13-26-21(24)27-16-7-4-10-18(12-16)29-17-8-2-1-3-9-17/h1-12,19H,13-14H2,(H3,24,26,27). The molecule has 0 unspecified atom stereocenters. The molecule has 2 aromatic carbocycles. The third-order valence-electron chi connectivity index (χ3n) is 3.70. The van der Waals surface area contributed by atoms with Crippen LogP contribution in [-0.2, 0) is 6.54 Å². The number of rotatable bonds is 8. The highest BCUT2D eigenvalue weighted by atomic mass is 19.3. The minimum atomic E-state index is -2.58. The highest BCUT2D eigenvalue weighted by molar-refractivity contribution is 5.92. The van der Waals surface area contributed by atoms with Gasteiger partial charge in [0.15, 0.2) is 12.6 Å². The molecule has 0 amide bonds. The lowest BCUT2D eigenvalue weighted by molar-refractivity contribution is 0.0791. The highest BCUT2D eigenvalue weighted by Crippen LogP contribution is 2.24. The summed E-state index contributed by atoms with van der Waals surface area (Å²) in [5.41, 5.74) is 7.19. The van der Waals surface area contributed by atoms with Gasteiger partial charge in [-0.25, -0.2) is 18.8 Å². The number of halogens is 2. The Hall–Kier alpha value is -3.68. The SMILES string of the molecule is NC(=NCc1cccnc1OCC(F)F)Nc1cccc(Oc2ccccc2)c1. The summed E-state index contributed by atoms with van der Waals surface area (Å²) in [5, 5.41) is 2.97. The molecule has 0 saturated carbocycles. The Balaban J connectivity index is 1.62. The average molecular weight is 398 g/mol. The molecule has 0 aliphatic rings. The number of para-hydroxylation sites is 1. The maximum absolute atomic E-state index is 12.4. The van der Waals surface area contributed by atoms with E-state index in [4.69, 9.17) is 15.2 Å². The summed E-state index contributed by atoms with van der Waals surface area (Å²) < 4.78 is 35.5. The Labute approximate surface area is 167 Å². The Morgan fingerprint density at radius 3 is 2.62 bits per heavy atom. The molecule has 0 spiro atoms. The Bertz CT molecular complexity index is 952. The molecule has 3 N–H and O–H groups in total. The molecule has 8 heteroatoms. The van der Waals surface area contributed by atoms with Crippen LogP contribution in [0.25, 0.3) is 0 Å². The smallest absolute Gasteiger partial charge is 0.272 e. The molecule has 29 heavy (non-hydrogen) atoms. The van der Waals surface area contributed by atoms with Gasteiger partial charge in [-0.1, -0.05) is 30.3 Å². The fourth-order valence-corrected chi connectivity index (χ4v) is 2.44. The summed E-state index contributed by atoms with van der Waals surface area (Å²) in [6.45, 7) is -0.596. The second-order valence-electron chi connectivity index (χ2n) is 5.94. The highest BCUT2D eigenvalue weighted by Gasteiger charge is 2.09. The van der Waals surface area contributed by atoms with Gasteiger partial charge in [0.2, 0.25) is 5.88 Å². The number of alkyl halides is 2. The van der Waals surface area contributed by atoms with Gasteiger partial charge >= 0.3 is 0 Å². The average Bonchev–Trinajstić information content (AvgIpc) is 2.72. The van der Waals surface area contributed by atoms with Gasteiger partial charge < -0.3 is 20.5 Å². The largest absolute Gasteiger partial charge is 0.471 e. The summed E-state index contributed by atoms with van der Waals surface area (Å²) in [7, 11) is 0. The minimum absolute atomic E-state index is 0.114. The van der Waals surface area contributed by atoms with E-state index in [-0.39, 0.29) is 18.4 Å². The number of aromatic nitrogens is 1. The first-order valence-electron chi connectivity index (χ1n) is 8.85. The predicted octanol–water partition coefficient (Wildman–Crippen LogP) is 4.44. The molecule has 3 rings (SSSR count). The van der Waals surface area contributed by atoms with Crippen LogP contribution in [0.3, 0.4) is 0 Å². The van der Waals surface area contributed by atoms with Crippen LogP contribution in [0.15, 0.2) is 77.9 Å². The van der Waals surface area contributed by atoms with Gasteiger partial charge in [-0.2, -0.15) is 0 Å². The van der Waals surface area contributed by atoms with Crippen molar-refractivity contribution in [3.63, 3.8) is 0 Å². The number of nitrogens with zero attached hydrogens (tertiary/aromatic N) is 2. The molecule has 1 aromatic heterocycles. The lowest BCUT2D eigenvalue weighted by atomic mass is 10.3. The lowest BCUT2D eigenvalue weighted by Crippen LogP contribution is -2.22. The summed E-state index contributed by atoms with van der Waals surface area (Å²) in [6, 6.07) is 20.0. The van der Waals surface area contributed by atoms with Crippen LogP contribution in [0.5, 0.6) is 17.4 Å². The van der Waals surface area contributed by atoms with Gasteiger partial charge in [-0.15, -0.1) is 0 Å². The van der Waals surface area contributed by atoms with E-state index in [1.54, 1.807) is 18.2 Å². The van der Waals surface area contributed by atoms with Crippen LogP contribution in [0, 0.1) is 0 Å². The predicted molar refractivity (Wildman–Crippen MR) is 108 cm³/mol. The number of nitrogens with one attached hydrogen (secondary N) is 1. The minimum Gasteiger partial charge on any atom is -0.471 e. The van der Waals surface area contributed by atoms with Crippen molar-refractivity contribution in [2.45, 2.75) is 13.0 Å². The van der Waals surface area contributed by atoms with Gasteiger partial charge in [0.1, 0.15) is 11.5 Å². The quantitative estimate of drug-likeness (QED) is 0.433. The zero-order chi connectivity index (χ0) is 20.5. The molecule has 3 aromatic rings. The fourth-order valence-electron chi connectivity index (χ4n) is 2.44. The molecule has 0 bridgehead atoms. The molecule has 0 aliphatic heterocycles. The Kier molecular flexibility index (Phi) is 6.94. The van der Waals surface area contributed by atoms with Crippen LogP contribution in [0.1, 0.15) is 5.56 Å². The topological polar surface area (TPSA) is 81.8 Å². The molecule has 0 fully saturated rings. The number of hydrogen-bond donors (Lipinski definition) is 2. The number of anilines is 1. The van der Waals surface area contributed by atoms with Crippen LogP contribution in [0.4, 0.5) is 14.5 Å². The van der Waals surface area contributed by atoms with Crippen molar-refractivity contribution in [1.82, 2.24) is 4.98 Å². The lowest BCUT2D eigenvalue weighted by Gasteiger charge is -2.10. The van der Waals surface area contributed by atoms with E-state index in [1.807, 2.05) is 48.5 Å². The summed E-state index contributed by atoms with van der Waals surface area (Å²) in [6.07, 6.45) is -1.11. The van der Waals surface area contributed by atoms with Crippen molar-refractivity contribution < 1.29 is 18.3 Å². The van der Waals surface area contributed by atoms with Crippen LogP contribution >= 0.6 is 0 Å².